The number of benzene rings is 2. The lowest BCUT2D eigenvalue weighted by Gasteiger charge is -2.14. The van der Waals surface area contributed by atoms with E-state index >= 15 is 0 Å². The summed E-state index contributed by atoms with van der Waals surface area (Å²) in [5.74, 6) is 2.42. The third-order valence-corrected chi connectivity index (χ3v) is 5.13. The van der Waals surface area contributed by atoms with Crippen molar-refractivity contribution >= 4 is 17.2 Å². The molecule has 0 aliphatic rings. The summed E-state index contributed by atoms with van der Waals surface area (Å²) in [6, 6.07) is 15.0. The second-order valence-electron chi connectivity index (χ2n) is 7.16. The van der Waals surface area contributed by atoms with Gasteiger partial charge in [-0.25, -0.2) is 9.50 Å². The summed E-state index contributed by atoms with van der Waals surface area (Å²) < 4.78 is 18.0. The number of hydrogen-bond donors (Lipinski definition) is 1. The first-order valence-corrected chi connectivity index (χ1v) is 10.0. The van der Waals surface area contributed by atoms with Crippen molar-refractivity contribution < 1.29 is 19.0 Å². The van der Waals surface area contributed by atoms with Gasteiger partial charge in [0.1, 0.15) is 5.82 Å². The van der Waals surface area contributed by atoms with Crippen molar-refractivity contribution in [3.8, 4) is 28.5 Å². The molecule has 0 saturated carbocycles. The molecule has 2 aromatic heterocycles. The number of anilines is 1. The van der Waals surface area contributed by atoms with E-state index in [-0.39, 0.29) is 5.78 Å². The summed E-state index contributed by atoms with van der Waals surface area (Å²) in [7, 11) is 4.75. The van der Waals surface area contributed by atoms with Gasteiger partial charge in [0.05, 0.1) is 33.2 Å². The standard InChI is InChI=1S/C24H24N4O4/c1-15(29)17-6-5-7-18(12-17)19-14-26-23-9-8-22(27-28(19)23)25-13-16-10-20(30-2)24(32-4)21(11-16)31-3/h5-12,14H,13H2,1-4H3,(H,25,27). The predicted molar refractivity (Wildman–Crippen MR) is 122 cm³/mol. The Balaban J connectivity index is 1.62. The summed E-state index contributed by atoms with van der Waals surface area (Å²) in [4.78, 5) is 16.2. The molecule has 2 aromatic carbocycles. The highest BCUT2D eigenvalue weighted by Gasteiger charge is 2.14. The van der Waals surface area contributed by atoms with Gasteiger partial charge in [-0.3, -0.25) is 4.79 Å². The number of rotatable bonds is 8. The summed E-state index contributed by atoms with van der Waals surface area (Å²) in [6.45, 7) is 2.05. The van der Waals surface area contributed by atoms with Crippen LogP contribution in [0.25, 0.3) is 16.9 Å². The van der Waals surface area contributed by atoms with Crippen LogP contribution in [0.2, 0.25) is 0 Å². The van der Waals surface area contributed by atoms with Gasteiger partial charge >= 0.3 is 0 Å². The number of aromatic nitrogens is 3. The van der Waals surface area contributed by atoms with Crippen molar-refractivity contribution in [2.24, 2.45) is 0 Å². The lowest BCUT2D eigenvalue weighted by atomic mass is 10.1. The van der Waals surface area contributed by atoms with Crippen LogP contribution in [0.3, 0.4) is 0 Å². The molecule has 8 nitrogen and oxygen atoms in total. The van der Waals surface area contributed by atoms with Crippen molar-refractivity contribution in [3.63, 3.8) is 0 Å². The number of ether oxygens (including phenoxy) is 3. The number of ketones is 1. The van der Waals surface area contributed by atoms with Crippen LogP contribution in [0.1, 0.15) is 22.8 Å². The Hall–Kier alpha value is -4.07. The molecule has 0 aliphatic carbocycles. The van der Waals surface area contributed by atoms with E-state index in [0.717, 1.165) is 16.8 Å². The van der Waals surface area contributed by atoms with Gasteiger partial charge in [0.15, 0.2) is 22.9 Å². The Bertz CT molecular complexity index is 1260. The molecule has 164 valence electrons. The van der Waals surface area contributed by atoms with Crippen molar-refractivity contribution in [1.29, 1.82) is 0 Å². The van der Waals surface area contributed by atoms with Gasteiger partial charge in [-0.1, -0.05) is 18.2 Å². The van der Waals surface area contributed by atoms with Crippen molar-refractivity contribution in [2.75, 3.05) is 26.6 Å². The van der Waals surface area contributed by atoms with Gasteiger partial charge in [0, 0.05) is 17.7 Å². The first kappa shape index (κ1) is 21.2. The molecular weight excluding hydrogens is 408 g/mol. The molecular formula is C24H24N4O4. The SMILES string of the molecule is COc1cc(CNc2ccc3ncc(-c4cccc(C(C)=O)c4)n3n2)cc(OC)c1OC. The van der Waals surface area contributed by atoms with Gasteiger partial charge in [-0.15, -0.1) is 5.10 Å². The van der Waals surface area contributed by atoms with E-state index in [1.54, 1.807) is 45.0 Å². The minimum atomic E-state index is 0.0151. The zero-order valence-electron chi connectivity index (χ0n) is 18.4. The average Bonchev–Trinajstić information content (AvgIpc) is 3.25. The number of hydrogen-bond acceptors (Lipinski definition) is 7. The van der Waals surface area contributed by atoms with Crippen LogP contribution in [-0.2, 0) is 6.54 Å². The van der Waals surface area contributed by atoms with Crippen LogP contribution in [0.4, 0.5) is 5.82 Å². The first-order chi connectivity index (χ1) is 15.5. The molecule has 0 unspecified atom stereocenters. The Kier molecular flexibility index (Phi) is 5.93. The average molecular weight is 432 g/mol. The molecule has 0 bridgehead atoms. The van der Waals surface area contributed by atoms with Gasteiger partial charge < -0.3 is 19.5 Å². The van der Waals surface area contributed by atoms with Crippen LogP contribution in [0.15, 0.2) is 54.7 Å². The fraction of sp³-hybridized carbons (Fsp3) is 0.208. The predicted octanol–water partition coefficient (Wildman–Crippen LogP) is 4.24. The van der Waals surface area contributed by atoms with E-state index in [9.17, 15) is 4.79 Å². The minimum absolute atomic E-state index is 0.0151. The Morgan fingerprint density at radius 2 is 1.75 bits per heavy atom. The monoisotopic (exact) mass is 432 g/mol. The van der Waals surface area contributed by atoms with Crippen molar-refractivity contribution in [2.45, 2.75) is 13.5 Å². The molecule has 0 radical (unpaired) electrons. The lowest BCUT2D eigenvalue weighted by Crippen LogP contribution is -2.06. The topological polar surface area (TPSA) is 87.0 Å². The van der Waals surface area contributed by atoms with Gasteiger partial charge in [0.25, 0.3) is 0 Å². The molecule has 0 aliphatic heterocycles. The Morgan fingerprint density at radius 1 is 1.00 bits per heavy atom. The zero-order valence-corrected chi connectivity index (χ0v) is 18.4. The van der Waals surface area contributed by atoms with Crippen LogP contribution in [0.5, 0.6) is 17.2 Å². The van der Waals surface area contributed by atoms with E-state index in [2.05, 4.69) is 10.3 Å². The molecule has 0 spiro atoms. The number of imidazole rings is 1. The van der Waals surface area contributed by atoms with Gasteiger partial charge in [-0.2, -0.15) is 0 Å². The van der Waals surface area contributed by atoms with E-state index in [0.29, 0.717) is 40.8 Å². The Labute approximate surface area is 185 Å². The number of nitrogens with one attached hydrogen (secondary N) is 1. The molecule has 32 heavy (non-hydrogen) atoms. The highest BCUT2D eigenvalue weighted by atomic mass is 16.5. The quantitative estimate of drug-likeness (QED) is 0.417. The molecule has 0 fully saturated rings. The van der Waals surface area contributed by atoms with E-state index < -0.39 is 0 Å². The van der Waals surface area contributed by atoms with E-state index in [1.807, 2.05) is 42.5 Å². The highest BCUT2D eigenvalue weighted by molar-refractivity contribution is 5.95. The normalized spacial score (nSPS) is 10.8. The molecule has 0 amide bonds. The number of fused-ring (bicyclic) bond motifs is 1. The second-order valence-corrected chi connectivity index (χ2v) is 7.16. The van der Waals surface area contributed by atoms with Gasteiger partial charge in [0.2, 0.25) is 5.75 Å². The maximum Gasteiger partial charge on any atom is 0.203 e. The Morgan fingerprint density at radius 3 is 2.41 bits per heavy atom. The maximum atomic E-state index is 11.8. The van der Waals surface area contributed by atoms with Crippen LogP contribution in [0, 0.1) is 0 Å². The summed E-state index contributed by atoms with van der Waals surface area (Å²) in [5.41, 5.74) is 3.99. The van der Waals surface area contributed by atoms with Gasteiger partial charge in [-0.05, 0) is 42.8 Å². The molecule has 0 atom stereocenters. The highest BCUT2D eigenvalue weighted by Crippen LogP contribution is 2.38. The van der Waals surface area contributed by atoms with E-state index in [1.165, 1.54) is 0 Å². The zero-order chi connectivity index (χ0) is 22.7. The third kappa shape index (κ3) is 4.07. The van der Waals surface area contributed by atoms with Crippen molar-refractivity contribution in [1.82, 2.24) is 14.6 Å². The van der Waals surface area contributed by atoms with Crippen LogP contribution < -0.4 is 19.5 Å². The fourth-order valence-corrected chi connectivity index (χ4v) is 3.49. The number of nitrogens with zero attached hydrogens (tertiary/aromatic N) is 3. The third-order valence-electron chi connectivity index (χ3n) is 5.13. The number of Topliss-reactive ketones (excluding diaryl/α,β-unsaturated/α-hetero) is 1. The first-order valence-electron chi connectivity index (χ1n) is 10.0. The maximum absolute atomic E-state index is 11.8. The van der Waals surface area contributed by atoms with Crippen LogP contribution in [-0.4, -0.2) is 41.7 Å². The number of carbonyl (C=O) groups is 1. The summed E-state index contributed by atoms with van der Waals surface area (Å²) in [6.07, 6.45) is 1.75. The van der Waals surface area contributed by atoms with Crippen LogP contribution >= 0.6 is 0 Å². The van der Waals surface area contributed by atoms with Crippen molar-refractivity contribution in [3.05, 3.63) is 65.9 Å². The number of carbonyl (C=O) groups excluding carboxylic acids is 1. The lowest BCUT2D eigenvalue weighted by molar-refractivity contribution is 0.101. The molecule has 4 rings (SSSR count). The number of methoxy groups -OCH3 is 3. The summed E-state index contributed by atoms with van der Waals surface area (Å²) in [5, 5.41) is 8.02. The second kappa shape index (κ2) is 8.97. The molecule has 4 aromatic rings. The smallest absolute Gasteiger partial charge is 0.203 e. The summed E-state index contributed by atoms with van der Waals surface area (Å²) >= 11 is 0. The fourth-order valence-electron chi connectivity index (χ4n) is 3.49. The molecule has 0 saturated heterocycles. The van der Waals surface area contributed by atoms with E-state index in [4.69, 9.17) is 19.3 Å². The minimum Gasteiger partial charge on any atom is -0.493 e. The molecule has 1 N–H and O–H groups in total. The molecule has 8 heteroatoms. The molecule has 2 heterocycles. The largest absolute Gasteiger partial charge is 0.493 e.